The van der Waals surface area contributed by atoms with E-state index in [0.29, 0.717) is 24.2 Å². The molecule has 1 aliphatic carbocycles. The van der Waals surface area contributed by atoms with Crippen molar-refractivity contribution in [1.29, 1.82) is 0 Å². The van der Waals surface area contributed by atoms with Gasteiger partial charge in [-0.25, -0.2) is 4.39 Å². The molecule has 1 aromatic carbocycles. The number of hydrogen-bond acceptors (Lipinski definition) is 4. The molecule has 154 valence electrons. The summed E-state index contributed by atoms with van der Waals surface area (Å²) in [6.45, 7) is 5.93. The van der Waals surface area contributed by atoms with Crippen molar-refractivity contribution in [3.63, 3.8) is 0 Å². The van der Waals surface area contributed by atoms with E-state index in [4.69, 9.17) is 0 Å². The van der Waals surface area contributed by atoms with Crippen LogP contribution in [0.25, 0.3) is 0 Å². The molecule has 6 nitrogen and oxygen atoms in total. The van der Waals surface area contributed by atoms with Crippen LogP contribution in [0.5, 0.6) is 0 Å². The van der Waals surface area contributed by atoms with E-state index in [9.17, 15) is 14.0 Å². The summed E-state index contributed by atoms with van der Waals surface area (Å²) in [6.07, 6.45) is 4.75. The van der Waals surface area contributed by atoms with Crippen molar-refractivity contribution in [2.75, 3.05) is 44.6 Å². The average Bonchev–Trinajstić information content (AvgIpc) is 2.65. The molecule has 2 N–H and O–H groups in total. The number of carbonyl (C=O) groups excluding carboxylic acids is 2. The summed E-state index contributed by atoms with van der Waals surface area (Å²) < 4.78 is 13.2. The van der Waals surface area contributed by atoms with Crippen molar-refractivity contribution in [2.45, 2.75) is 38.6 Å². The molecule has 0 spiro atoms. The summed E-state index contributed by atoms with van der Waals surface area (Å²) in [4.78, 5) is 28.7. The Hall–Kier alpha value is -1.99. The Labute approximate surface area is 166 Å². The van der Waals surface area contributed by atoms with Crippen LogP contribution in [0.3, 0.4) is 0 Å². The van der Waals surface area contributed by atoms with Crippen LogP contribution in [-0.4, -0.2) is 66.9 Å². The lowest BCUT2D eigenvalue weighted by molar-refractivity contribution is -0.124. The van der Waals surface area contributed by atoms with Crippen LogP contribution in [0, 0.1) is 11.7 Å². The normalized spacial score (nSPS) is 23.9. The van der Waals surface area contributed by atoms with Gasteiger partial charge in [0, 0.05) is 37.9 Å². The number of piperazine rings is 1. The van der Waals surface area contributed by atoms with Gasteiger partial charge in [-0.05, 0) is 37.0 Å². The first-order chi connectivity index (χ1) is 13.5. The van der Waals surface area contributed by atoms with Gasteiger partial charge in [0.25, 0.3) is 0 Å². The summed E-state index contributed by atoms with van der Waals surface area (Å²) in [6, 6.07) is 6.21. The highest BCUT2D eigenvalue weighted by molar-refractivity contribution is 5.92. The topological polar surface area (TPSA) is 64.7 Å². The molecular formula is C21H31FN4O2. The van der Waals surface area contributed by atoms with E-state index in [1.165, 1.54) is 31.4 Å². The minimum Gasteiger partial charge on any atom is -0.352 e. The Morgan fingerprint density at radius 1 is 1.04 bits per heavy atom. The fourth-order valence-corrected chi connectivity index (χ4v) is 4.06. The van der Waals surface area contributed by atoms with E-state index in [-0.39, 0.29) is 24.2 Å². The van der Waals surface area contributed by atoms with Crippen LogP contribution in [-0.2, 0) is 9.59 Å². The minimum atomic E-state index is -0.368. The van der Waals surface area contributed by atoms with Crippen molar-refractivity contribution in [3.8, 4) is 0 Å². The Bertz CT molecular complexity index is 676. The second kappa shape index (κ2) is 9.98. The molecule has 1 saturated carbocycles. The molecule has 2 aliphatic rings. The zero-order valence-electron chi connectivity index (χ0n) is 16.6. The number of halogens is 1. The number of nitrogens with zero attached hydrogens (tertiary/aromatic N) is 2. The second-order valence-corrected chi connectivity index (χ2v) is 8.05. The SMILES string of the molecule is C[C@H]1CCCC[C@H]1NC(=O)CN1CCN(CC(=O)Nc2cccc(F)c2)CC1. The van der Waals surface area contributed by atoms with Crippen LogP contribution < -0.4 is 10.6 Å². The molecule has 1 heterocycles. The number of benzene rings is 1. The number of amides is 2. The third-order valence-electron chi connectivity index (χ3n) is 5.77. The smallest absolute Gasteiger partial charge is 0.238 e. The van der Waals surface area contributed by atoms with Gasteiger partial charge in [0.2, 0.25) is 11.8 Å². The maximum absolute atomic E-state index is 13.2. The van der Waals surface area contributed by atoms with E-state index in [1.807, 2.05) is 0 Å². The fourth-order valence-electron chi connectivity index (χ4n) is 4.06. The van der Waals surface area contributed by atoms with Gasteiger partial charge in [0.15, 0.2) is 0 Å². The minimum absolute atomic E-state index is 0.107. The first-order valence-electron chi connectivity index (χ1n) is 10.3. The van der Waals surface area contributed by atoms with E-state index < -0.39 is 0 Å². The van der Waals surface area contributed by atoms with Crippen molar-refractivity contribution < 1.29 is 14.0 Å². The summed E-state index contributed by atoms with van der Waals surface area (Å²) in [5, 5.41) is 5.93. The lowest BCUT2D eigenvalue weighted by Crippen LogP contribution is -2.52. The molecule has 2 fully saturated rings. The molecule has 1 aromatic rings. The van der Waals surface area contributed by atoms with Crippen LogP contribution in [0.4, 0.5) is 10.1 Å². The summed E-state index contributed by atoms with van der Waals surface area (Å²) in [5.41, 5.74) is 0.470. The molecule has 3 rings (SSSR count). The van der Waals surface area contributed by atoms with Gasteiger partial charge in [0.05, 0.1) is 13.1 Å². The number of rotatable bonds is 6. The highest BCUT2D eigenvalue weighted by atomic mass is 19.1. The maximum Gasteiger partial charge on any atom is 0.238 e. The van der Waals surface area contributed by atoms with Crippen LogP contribution in [0.1, 0.15) is 32.6 Å². The predicted octanol–water partition coefficient (Wildman–Crippen LogP) is 2.08. The van der Waals surface area contributed by atoms with Crippen molar-refractivity contribution in [2.24, 2.45) is 5.92 Å². The molecule has 0 aromatic heterocycles. The lowest BCUT2D eigenvalue weighted by Gasteiger charge is -2.35. The Morgan fingerprint density at radius 2 is 1.68 bits per heavy atom. The molecular weight excluding hydrogens is 359 g/mol. The summed E-state index contributed by atoms with van der Waals surface area (Å²) in [5.74, 6) is 0.151. The average molecular weight is 391 g/mol. The number of nitrogens with one attached hydrogen (secondary N) is 2. The molecule has 7 heteroatoms. The first kappa shape index (κ1) is 20.7. The van der Waals surface area contributed by atoms with E-state index >= 15 is 0 Å². The van der Waals surface area contributed by atoms with Crippen molar-refractivity contribution >= 4 is 17.5 Å². The van der Waals surface area contributed by atoms with E-state index in [0.717, 1.165) is 32.6 Å². The van der Waals surface area contributed by atoms with Crippen LogP contribution in [0.2, 0.25) is 0 Å². The van der Waals surface area contributed by atoms with Gasteiger partial charge < -0.3 is 10.6 Å². The maximum atomic E-state index is 13.2. The van der Waals surface area contributed by atoms with Gasteiger partial charge in [-0.1, -0.05) is 25.8 Å². The van der Waals surface area contributed by atoms with Gasteiger partial charge in [-0.15, -0.1) is 0 Å². The highest BCUT2D eigenvalue weighted by Gasteiger charge is 2.25. The molecule has 2 atom stereocenters. The zero-order chi connectivity index (χ0) is 19.9. The summed E-state index contributed by atoms with van der Waals surface area (Å²) in [7, 11) is 0. The van der Waals surface area contributed by atoms with Crippen LogP contribution in [0.15, 0.2) is 24.3 Å². The molecule has 2 amide bonds. The second-order valence-electron chi connectivity index (χ2n) is 8.05. The van der Waals surface area contributed by atoms with Gasteiger partial charge in [-0.2, -0.15) is 0 Å². The standard InChI is InChI=1S/C21H31FN4O2/c1-16-5-2-3-8-19(16)24-21(28)15-26-11-9-25(10-12-26)14-20(27)23-18-7-4-6-17(22)13-18/h4,6-7,13,16,19H,2-3,5,8-12,14-15H2,1H3,(H,23,27)(H,24,28)/t16-,19+/m0/s1. The molecule has 1 aliphatic heterocycles. The third kappa shape index (κ3) is 6.27. The lowest BCUT2D eigenvalue weighted by atomic mass is 9.86. The Balaban J connectivity index is 1.36. The monoisotopic (exact) mass is 390 g/mol. The zero-order valence-corrected chi connectivity index (χ0v) is 16.6. The predicted molar refractivity (Wildman–Crippen MR) is 107 cm³/mol. The largest absolute Gasteiger partial charge is 0.352 e. The van der Waals surface area contributed by atoms with Crippen LogP contribution >= 0.6 is 0 Å². The van der Waals surface area contributed by atoms with E-state index in [1.54, 1.807) is 12.1 Å². The molecule has 0 bridgehead atoms. The fraction of sp³-hybridized carbons (Fsp3) is 0.619. The number of hydrogen-bond donors (Lipinski definition) is 2. The molecule has 28 heavy (non-hydrogen) atoms. The van der Waals surface area contributed by atoms with Gasteiger partial charge >= 0.3 is 0 Å². The Morgan fingerprint density at radius 3 is 2.32 bits per heavy atom. The van der Waals surface area contributed by atoms with Crippen molar-refractivity contribution in [1.82, 2.24) is 15.1 Å². The molecule has 1 saturated heterocycles. The highest BCUT2D eigenvalue weighted by Crippen LogP contribution is 2.23. The Kier molecular flexibility index (Phi) is 7.39. The van der Waals surface area contributed by atoms with Crippen molar-refractivity contribution in [3.05, 3.63) is 30.1 Å². The van der Waals surface area contributed by atoms with Gasteiger partial charge in [-0.3, -0.25) is 19.4 Å². The molecule has 0 radical (unpaired) electrons. The quantitative estimate of drug-likeness (QED) is 0.781. The number of carbonyl (C=O) groups is 2. The summed E-state index contributed by atoms with van der Waals surface area (Å²) >= 11 is 0. The number of anilines is 1. The van der Waals surface area contributed by atoms with Gasteiger partial charge in [0.1, 0.15) is 5.82 Å². The molecule has 0 unspecified atom stereocenters. The van der Waals surface area contributed by atoms with E-state index in [2.05, 4.69) is 27.4 Å². The third-order valence-corrected chi connectivity index (χ3v) is 5.77. The first-order valence-corrected chi connectivity index (χ1v) is 10.3.